The Morgan fingerprint density at radius 2 is 2.04 bits per heavy atom. The number of amides is 1. The Labute approximate surface area is 147 Å². The summed E-state index contributed by atoms with van der Waals surface area (Å²) < 4.78 is 19.1. The third-order valence-corrected chi connectivity index (χ3v) is 4.48. The zero-order valence-electron chi connectivity index (χ0n) is 14.2. The number of nitrogens with zero attached hydrogens (tertiary/aromatic N) is 1. The smallest absolute Gasteiger partial charge is 0.230 e. The summed E-state index contributed by atoms with van der Waals surface area (Å²) in [6.45, 7) is 0.651. The number of aromatic nitrogens is 1. The molecule has 0 unspecified atom stereocenters. The number of hydrogen-bond acceptors (Lipinski definition) is 3. The van der Waals surface area contributed by atoms with Crippen molar-refractivity contribution in [3.05, 3.63) is 54.0 Å². The van der Waals surface area contributed by atoms with Gasteiger partial charge in [-0.1, -0.05) is 31.4 Å². The van der Waals surface area contributed by atoms with Crippen LogP contribution < -0.4 is 10.1 Å². The fraction of sp³-hybridized carbons (Fsp3) is 0.400. The summed E-state index contributed by atoms with van der Waals surface area (Å²) >= 11 is 0. The van der Waals surface area contributed by atoms with E-state index >= 15 is 0 Å². The van der Waals surface area contributed by atoms with E-state index in [4.69, 9.17) is 4.74 Å². The van der Waals surface area contributed by atoms with Gasteiger partial charge >= 0.3 is 0 Å². The van der Waals surface area contributed by atoms with E-state index in [2.05, 4.69) is 10.3 Å². The maximum atomic E-state index is 13.2. The number of carbonyl (C=O) groups is 1. The molecule has 1 saturated carbocycles. The van der Waals surface area contributed by atoms with E-state index in [9.17, 15) is 9.18 Å². The van der Waals surface area contributed by atoms with Crippen LogP contribution in [0.4, 0.5) is 10.2 Å². The maximum Gasteiger partial charge on any atom is 0.230 e. The largest absolute Gasteiger partial charge is 0.489 e. The average molecular weight is 342 g/mol. The second-order valence-corrected chi connectivity index (χ2v) is 6.52. The number of ether oxygens (including phenoxy) is 1. The van der Waals surface area contributed by atoms with Gasteiger partial charge in [-0.15, -0.1) is 0 Å². The summed E-state index contributed by atoms with van der Waals surface area (Å²) in [5, 5.41) is 2.77. The van der Waals surface area contributed by atoms with Gasteiger partial charge in [0.15, 0.2) is 11.6 Å². The van der Waals surface area contributed by atoms with Crippen molar-refractivity contribution in [2.24, 2.45) is 5.92 Å². The first-order valence-electron chi connectivity index (χ1n) is 8.83. The molecule has 2 aromatic rings. The highest BCUT2D eigenvalue weighted by atomic mass is 19.1. The fourth-order valence-electron chi connectivity index (χ4n) is 3.17. The summed E-state index contributed by atoms with van der Waals surface area (Å²) in [6, 6.07) is 9.64. The van der Waals surface area contributed by atoms with Gasteiger partial charge in [0.2, 0.25) is 5.91 Å². The molecule has 132 valence electrons. The number of benzene rings is 1. The molecular formula is C20H23FN2O2. The van der Waals surface area contributed by atoms with Crippen molar-refractivity contribution < 1.29 is 13.9 Å². The summed E-state index contributed by atoms with van der Waals surface area (Å²) in [5.74, 6) is 0.983. The predicted molar refractivity (Wildman–Crippen MR) is 95.0 cm³/mol. The Morgan fingerprint density at radius 1 is 1.20 bits per heavy atom. The van der Waals surface area contributed by atoms with Gasteiger partial charge in [0.05, 0.1) is 13.0 Å². The van der Waals surface area contributed by atoms with Crippen LogP contribution in [0.25, 0.3) is 0 Å². The van der Waals surface area contributed by atoms with Gasteiger partial charge in [-0.3, -0.25) is 4.79 Å². The highest BCUT2D eigenvalue weighted by Gasteiger charge is 2.16. The Kier molecular flexibility index (Phi) is 5.99. The van der Waals surface area contributed by atoms with Crippen molar-refractivity contribution in [1.29, 1.82) is 0 Å². The van der Waals surface area contributed by atoms with Crippen LogP contribution >= 0.6 is 0 Å². The van der Waals surface area contributed by atoms with E-state index < -0.39 is 0 Å². The molecule has 4 nitrogen and oxygen atoms in total. The average Bonchev–Trinajstić information content (AvgIpc) is 2.62. The third kappa shape index (κ3) is 5.28. The lowest BCUT2D eigenvalue weighted by atomic mass is 9.90. The number of anilines is 1. The Balaban J connectivity index is 1.59. The van der Waals surface area contributed by atoms with Gasteiger partial charge < -0.3 is 10.1 Å². The number of halogens is 1. The maximum absolute atomic E-state index is 13.2. The van der Waals surface area contributed by atoms with Gasteiger partial charge in [0.1, 0.15) is 5.82 Å². The number of rotatable bonds is 6. The van der Waals surface area contributed by atoms with Gasteiger partial charge in [-0.2, -0.15) is 0 Å². The van der Waals surface area contributed by atoms with Crippen LogP contribution in [0.1, 0.15) is 37.7 Å². The lowest BCUT2D eigenvalue weighted by molar-refractivity contribution is -0.115. The first-order valence-corrected chi connectivity index (χ1v) is 8.83. The molecule has 0 aliphatic heterocycles. The zero-order chi connectivity index (χ0) is 17.5. The molecule has 3 rings (SSSR count). The molecule has 1 aliphatic carbocycles. The molecule has 1 heterocycles. The van der Waals surface area contributed by atoms with Crippen LogP contribution in [0, 0.1) is 11.7 Å². The lowest BCUT2D eigenvalue weighted by Gasteiger charge is -2.22. The number of nitrogens with one attached hydrogen (secondary N) is 1. The quantitative estimate of drug-likeness (QED) is 0.848. The first-order chi connectivity index (χ1) is 12.2. The summed E-state index contributed by atoms with van der Waals surface area (Å²) in [7, 11) is 0. The second kappa shape index (κ2) is 8.60. The normalized spacial score (nSPS) is 14.9. The third-order valence-electron chi connectivity index (χ3n) is 4.48. The van der Waals surface area contributed by atoms with Gasteiger partial charge in [-0.05, 0) is 48.6 Å². The van der Waals surface area contributed by atoms with Crippen LogP contribution in [0.15, 0.2) is 42.6 Å². The van der Waals surface area contributed by atoms with Gasteiger partial charge in [0, 0.05) is 6.20 Å². The van der Waals surface area contributed by atoms with Crippen molar-refractivity contribution in [1.82, 2.24) is 4.98 Å². The van der Waals surface area contributed by atoms with Crippen molar-refractivity contribution in [2.75, 3.05) is 11.9 Å². The van der Waals surface area contributed by atoms with Crippen molar-refractivity contribution in [2.45, 2.75) is 38.5 Å². The zero-order valence-corrected chi connectivity index (χ0v) is 14.2. The van der Waals surface area contributed by atoms with Crippen LogP contribution in [-0.2, 0) is 11.2 Å². The van der Waals surface area contributed by atoms with Crippen molar-refractivity contribution in [3.63, 3.8) is 0 Å². The summed E-state index contributed by atoms with van der Waals surface area (Å²) in [4.78, 5) is 16.4. The molecule has 5 heteroatoms. The van der Waals surface area contributed by atoms with E-state index in [0.717, 1.165) is 0 Å². The molecule has 0 spiro atoms. The SMILES string of the molecule is O=C(Cc1cccc(F)c1)Nc1ncccc1OCC1CCCCC1. The van der Waals surface area contributed by atoms with Crippen LogP contribution in [-0.4, -0.2) is 17.5 Å². The number of carbonyl (C=O) groups excluding carboxylic acids is 1. The van der Waals surface area contributed by atoms with E-state index in [1.54, 1.807) is 24.4 Å². The minimum absolute atomic E-state index is 0.0937. The monoisotopic (exact) mass is 342 g/mol. The van der Waals surface area contributed by atoms with Crippen molar-refractivity contribution >= 4 is 11.7 Å². The highest BCUT2D eigenvalue weighted by molar-refractivity contribution is 5.92. The molecular weight excluding hydrogens is 319 g/mol. The van der Waals surface area contributed by atoms with Crippen LogP contribution in [0.3, 0.4) is 0 Å². The van der Waals surface area contributed by atoms with Crippen molar-refractivity contribution in [3.8, 4) is 5.75 Å². The molecule has 25 heavy (non-hydrogen) atoms. The van der Waals surface area contributed by atoms with E-state index in [1.807, 2.05) is 6.07 Å². The molecule has 1 amide bonds. The summed E-state index contributed by atoms with van der Waals surface area (Å²) in [6.07, 6.45) is 7.94. The number of hydrogen-bond donors (Lipinski definition) is 1. The highest BCUT2D eigenvalue weighted by Crippen LogP contribution is 2.27. The second-order valence-electron chi connectivity index (χ2n) is 6.52. The van der Waals surface area contributed by atoms with Crippen LogP contribution in [0.2, 0.25) is 0 Å². The Hall–Kier alpha value is -2.43. The number of pyridine rings is 1. The minimum Gasteiger partial charge on any atom is -0.489 e. The summed E-state index contributed by atoms with van der Waals surface area (Å²) in [5.41, 5.74) is 0.623. The molecule has 1 N–H and O–H groups in total. The fourth-order valence-corrected chi connectivity index (χ4v) is 3.17. The molecule has 0 saturated heterocycles. The van der Waals surface area contributed by atoms with Gasteiger partial charge in [-0.25, -0.2) is 9.37 Å². The van der Waals surface area contributed by atoms with Gasteiger partial charge in [0.25, 0.3) is 0 Å². The topological polar surface area (TPSA) is 51.2 Å². The molecule has 0 atom stereocenters. The molecule has 1 aliphatic rings. The standard InChI is InChI=1S/C20H23FN2O2/c21-17-9-4-8-16(12-17)13-19(24)23-20-18(10-5-11-22-20)25-14-15-6-2-1-3-7-15/h4-5,8-12,15H,1-3,6-7,13-14H2,(H,22,23,24). The minimum atomic E-state index is -0.348. The molecule has 1 aromatic carbocycles. The van der Waals surface area contributed by atoms with E-state index in [1.165, 1.54) is 44.2 Å². The molecule has 0 bridgehead atoms. The van der Waals surface area contributed by atoms with E-state index in [0.29, 0.717) is 29.7 Å². The first kappa shape index (κ1) is 17.4. The van der Waals surface area contributed by atoms with E-state index in [-0.39, 0.29) is 18.1 Å². The molecule has 0 radical (unpaired) electrons. The predicted octanol–water partition coefficient (Wildman–Crippen LogP) is 4.36. The Bertz CT molecular complexity index is 714. The molecule has 1 aromatic heterocycles. The lowest BCUT2D eigenvalue weighted by Crippen LogP contribution is -2.18. The Morgan fingerprint density at radius 3 is 2.84 bits per heavy atom. The van der Waals surface area contributed by atoms with Crippen LogP contribution in [0.5, 0.6) is 5.75 Å². The molecule has 1 fully saturated rings.